The number of aryl methyl sites for hydroxylation is 1. The first-order valence-electron chi connectivity index (χ1n) is 11.8. The van der Waals surface area contributed by atoms with Crippen LogP contribution in [0.4, 0.5) is 0 Å². The van der Waals surface area contributed by atoms with Crippen LogP contribution in [-0.4, -0.2) is 33.6 Å². The quantitative estimate of drug-likeness (QED) is 0.356. The lowest BCUT2D eigenvalue weighted by Crippen LogP contribution is -2.30. The van der Waals surface area contributed by atoms with Gasteiger partial charge in [0, 0.05) is 0 Å². The van der Waals surface area contributed by atoms with Crippen LogP contribution in [-0.2, 0) is 6.54 Å². The second kappa shape index (κ2) is 9.02. The molecule has 0 amide bonds. The molecule has 1 aliphatic rings. The molecule has 0 unspecified atom stereocenters. The molecule has 3 aromatic heterocycles. The average molecular weight is 496 g/mol. The zero-order valence-corrected chi connectivity index (χ0v) is 20.6. The molecule has 1 N–H and O–H groups in total. The molecule has 9 heteroatoms. The van der Waals surface area contributed by atoms with Crippen molar-refractivity contribution >= 4 is 0 Å². The molecule has 37 heavy (non-hydrogen) atoms. The van der Waals surface area contributed by atoms with E-state index in [9.17, 15) is 5.41 Å². The van der Waals surface area contributed by atoms with Gasteiger partial charge < -0.3 is 23.2 Å². The van der Waals surface area contributed by atoms with E-state index in [0.29, 0.717) is 35.4 Å². The van der Waals surface area contributed by atoms with E-state index >= 15 is 0 Å². The molecular weight excluding hydrogens is 470 g/mol. The average Bonchev–Trinajstić information content (AvgIpc) is 3.57. The molecule has 186 valence electrons. The largest absolute Gasteiger partial charge is 0.493 e. The van der Waals surface area contributed by atoms with Crippen LogP contribution in [0.25, 0.3) is 5.69 Å². The lowest BCUT2D eigenvalue weighted by Gasteiger charge is -2.27. The fourth-order valence-corrected chi connectivity index (χ4v) is 4.83. The molecule has 6 rings (SSSR count). The van der Waals surface area contributed by atoms with Gasteiger partial charge in [0.25, 0.3) is 0 Å². The Bertz CT molecular complexity index is 1640. The number of hydrogen-bond donors (Lipinski definition) is 1. The molecule has 0 fully saturated rings. The molecule has 4 heterocycles. The van der Waals surface area contributed by atoms with E-state index in [2.05, 4.69) is 4.98 Å². The van der Waals surface area contributed by atoms with Crippen molar-refractivity contribution in [2.24, 2.45) is 0 Å². The Morgan fingerprint density at radius 1 is 0.973 bits per heavy atom. The van der Waals surface area contributed by atoms with E-state index in [1.807, 2.05) is 67.6 Å². The number of aromatic nitrogens is 4. The highest BCUT2D eigenvalue weighted by molar-refractivity contribution is 5.59. The number of furan rings is 1. The predicted octanol–water partition coefficient (Wildman–Crippen LogP) is 4.80. The number of nitrogens with zero attached hydrogens (tertiary/aromatic N) is 4. The van der Waals surface area contributed by atoms with Crippen molar-refractivity contribution in [2.45, 2.75) is 19.4 Å². The molecule has 1 atom stereocenters. The number of fused-ring (bicyclic) bond motifs is 2. The van der Waals surface area contributed by atoms with Crippen LogP contribution in [0.15, 0.2) is 77.7 Å². The van der Waals surface area contributed by atoms with Gasteiger partial charge in [-0.2, -0.15) is 5.10 Å². The SMILES string of the molecule is COc1ccc([C@@H]2c3c(C)nn(-c4ccccc4)c3Oc3ncn(Cc4ccco4)c(=N)c32)cc1OC. The van der Waals surface area contributed by atoms with Gasteiger partial charge in [-0.1, -0.05) is 24.3 Å². The zero-order chi connectivity index (χ0) is 25.5. The standard InChI is InChI=1S/C28H25N5O4/c1-17-23-24(18-11-12-21(34-2)22(14-18)35-3)25-26(29)32(15-20-10-7-13-36-20)16-30-27(25)37-28(23)33(31-17)19-8-5-4-6-9-19/h4-14,16,24,29H,15H2,1-3H3/t24-/m1/s1. The Kier molecular flexibility index (Phi) is 5.52. The Morgan fingerprint density at radius 2 is 1.78 bits per heavy atom. The lowest BCUT2D eigenvalue weighted by molar-refractivity contribution is 0.354. The van der Waals surface area contributed by atoms with Crippen molar-refractivity contribution in [3.8, 4) is 28.9 Å². The topological polar surface area (TPSA) is 100 Å². The van der Waals surface area contributed by atoms with Crippen molar-refractivity contribution < 1.29 is 18.6 Å². The maximum atomic E-state index is 9.18. The highest BCUT2D eigenvalue weighted by Gasteiger charge is 2.37. The van der Waals surface area contributed by atoms with E-state index in [1.165, 1.54) is 0 Å². The summed E-state index contributed by atoms with van der Waals surface area (Å²) < 4.78 is 26.5. The van der Waals surface area contributed by atoms with E-state index in [-0.39, 0.29) is 11.4 Å². The monoisotopic (exact) mass is 495 g/mol. The summed E-state index contributed by atoms with van der Waals surface area (Å²) in [6, 6.07) is 19.3. The van der Waals surface area contributed by atoms with Gasteiger partial charge in [-0.15, -0.1) is 0 Å². The Balaban J connectivity index is 1.59. The van der Waals surface area contributed by atoms with Crippen LogP contribution in [0.2, 0.25) is 0 Å². The molecule has 1 aliphatic heterocycles. The fourth-order valence-electron chi connectivity index (χ4n) is 4.83. The number of rotatable bonds is 6. The molecule has 0 saturated carbocycles. The van der Waals surface area contributed by atoms with Crippen molar-refractivity contribution in [3.63, 3.8) is 0 Å². The van der Waals surface area contributed by atoms with Crippen LogP contribution in [0.5, 0.6) is 23.3 Å². The van der Waals surface area contributed by atoms with Crippen molar-refractivity contribution in [2.75, 3.05) is 14.2 Å². The summed E-state index contributed by atoms with van der Waals surface area (Å²) in [4.78, 5) is 4.64. The van der Waals surface area contributed by atoms with Crippen molar-refractivity contribution in [3.05, 3.63) is 107 Å². The van der Waals surface area contributed by atoms with E-state index in [1.54, 1.807) is 36.1 Å². The first-order chi connectivity index (χ1) is 18.1. The minimum Gasteiger partial charge on any atom is -0.493 e. The van der Waals surface area contributed by atoms with Crippen LogP contribution < -0.4 is 19.7 Å². The summed E-state index contributed by atoms with van der Waals surface area (Å²) in [7, 11) is 3.22. The molecule has 2 aromatic carbocycles. The Hall–Kier alpha value is -4.79. The van der Waals surface area contributed by atoms with Gasteiger partial charge in [0.2, 0.25) is 11.8 Å². The summed E-state index contributed by atoms with van der Waals surface area (Å²) in [6.45, 7) is 2.33. The maximum Gasteiger partial charge on any atom is 0.230 e. The van der Waals surface area contributed by atoms with Crippen LogP contribution in [0.1, 0.15) is 34.1 Å². The Labute approximate surface area is 213 Å². The van der Waals surface area contributed by atoms with Crippen molar-refractivity contribution in [1.82, 2.24) is 19.3 Å². The van der Waals surface area contributed by atoms with Gasteiger partial charge >= 0.3 is 0 Å². The van der Waals surface area contributed by atoms with E-state index in [0.717, 1.165) is 28.3 Å². The molecule has 0 aliphatic carbocycles. The van der Waals surface area contributed by atoms with Gasteiger partial charge in [-0.05, 0) is 48.9 Å². The number of para-hydroxylation sites is 1. The van der Waals surface area contributed by atoms with Crippen molar-refractivity contribution in [1.29, 1.82) is 5.41 Å². The second-order valence-corrected chi connectivity index (χ2v) is 8.72. The van der Waals surface area contributed by atoms with Gasteiger partial charge in [0.1, 0.15) is 17.6 Å². The van der Waals surface area contributed by atoms with Gasteiger partial charge in [0.15, 0.2) is 11.5 Å². The molecular formula is C28H25N5O4. The highest BCUT2D eigenvalue weighted by Crippen LogP contribution is 2.48. The number of ether oxygens (including phenoxy) is 3. The summed E-state index contributed by atoms with van der Waals surface area (Å²) in [6.07, 6.45) is 3.23. The van der Waals surface area contributed by atoms with Crippen LogP contribution in [0, 0.1) is 12.3 Å². The lowest BCUT2D eigenvalue weighted by atomic mass is 9.84. The normalized spacial score (nSPS) is 14.0. The fraction of sp³-hybridized carbons (Fsp3) is 0.179. The number of methoxy groups -OCH3 is 2. The highest BCUT2D eigenvalue weighted by atomic mass is 16.5. The first-order valence-corrected chi connectivity index (χ1v) is 11.8. The predicted molar refractivity (Wildman–Crippen MR) is 135 cm³/mol. The minimum atomic E-state index is -0.375. The van der Waals surface area contributed by atoms with Gasteiger partial charge in [-0.3, -0.25) is 5.41 Å². The van der Waals surface area contributed by atoms with Crippen LogP contribution in [0.3, 0.4) is 0 Å². The smallest absolute Gasteiger partial charge is 0.230 e. The second-order valence-electron chi connectivity index (χ2n) is 8.72. The maximum absolute atomic E-state index is 9.18. The minimum absolute atomic E-state index is 0.277. The van der Waals surface area contributed by atoms with Gasteiger partial charge in [0.05, 0.1) is 55.5 Å². The molecule has 9 nitrogen and oxygen atoms in total. The number of nitrogens with one attached hydrogen (secondary N) is 1. The molecule has 0 saturated heterocycles. The Morgan fingerprint density at radius 3 is 2.51 bits per heavy atom. The number of benzene rings is 2. The third-order valence-electron chi connectivity index (χ3n) is 6.57. The molecule has 0 bridgehead atoms. The van der Waals surface area contributed by atoms with Gasteiger partial charge in [-0.25, -0.2) is 9.67 Å². The third-order valence-corrected chi connectivity index (χ3v) is 6.57. The van der Waals surface area contributed by atoms with Crippen LogP contribution >= 0.6 is 0 Å². The first kappa shape index (κ1) is 22.7. The summed E-state index contributed by atoms with van der Waals surface area (Å²) in [5.74, 6) is 2.52. The zero-order valence-electron chi connectivity index (χ0n) is 20.6. The van der Waals surface area contributed by atoms with E-state index < -0.39 is 0 Å². The molecule has 5 aromatic rings. The third kappa shape index (κ3) is 3.76. The molecule has 0 radical (unpaired) electrons. The summed E-state index contributed by atoms with van der Waals surface area (Å²) >= 11 is 0. The summed E-state index contributed by atoms with van der Waals surface area (Å²) in [5.41, 5.74) is 4.37. The number of hydrogen-bond acceptors (Lipinski definition) is 7. The summed E-state index contributed by atoms with van der Waals surface area (Å²) in [5, 5.41) is 14.0. The van der Waals surface area contributed by atoms with E-state index in [4.69, 9.17) is 23.7 Å². The molecule has 0 spiro atoms.